The molecule has 1 aromatic heterocycles. The van der Waals surface area contributed by atoms with Crippen molar-refractivity contribution in [3.8, 4) is 0 Å². The number of thioether (sulfide) groups is 1. The lowest BCUT2D eigenvalue weighted by Crippen LogP contribution is -2.28. The van der Waals surface area contributed by atoms with Crippen molar-refractivity contribution in [2.45, 2.75) is 62.5 Å². The van der Waals surface area contributed by atoms with Crippen molar-refractivity contribution in [3.05, 3.63) is 20.8 Å². The van der Waals surface area contributed by atoms with Gasteiger partial charge in [-0.1, -0.05) is 26.7 Å². The van der Waals surface area contributed by atoms with Crippen LogP contribution in [-0.4, -0.2) is 11.3 Å². The molecule has 108 valence electrons. The van der Waals surface area contributed by atoms with Crippen LogP contribution in [0.1, 0.15) is 56.1 Å². The van der Waals surface area contributed by atoms with E-state index in [9.17, 15) is 0 Å². The zero-order chi connectivity index (χ0) is 13.8. The summed E-state index contributed by atoms with van der Waals surface area (Å²) in [6, 6.07) is 2.53. The first-order valence-corrected chi connectivity index (χ1v) is 9.86. The predicted octanol–water partition coefficient (Wildman–Crippen LogP) is 5.60. The molecule has 4 heteroatoms. The normalized spacial score (nSPS) is 27.2. The van der Waals surface area contributed by atoms with E-state index in [1.165, 1.54) is 35.0 Å². The molecule has 0 bridgehead atoms. The topological polar surface area (TPSA) is 26.0 Å². The van der Waals surface area contributed by atoms with Gasteiger partial charge in [0.25, 0.3) is 0 Å². The highest BCUT2D eigenvalue weighted by atomic mass is 79.9. The molecule has 4 atom stereocenters. The lowest BCUT2D eigenvalue weighted by atomic mass is 9.90. The smallest absolute Gasteiger partial charge is 0.0545 e. The van der Waals surface area contributed by atoms with E-state index in [4.69, 9.17) is 5.73 Å². The minimum absolute atomic E-state index is 0.271. The Morgan fingerprint density at radius 2 is 2.32 bits per heavy atom. The van der Waals surface area contributed by atoms with Gasteiger partial charge in [0.15, 0.2) is 0 Å². The van der Waals surface area contributed by atoms with E-state index in [-0.39, 0.29) is 6.04 Å². The second-order valence-corrected chi connectivity index (χ2v) is 9.00. The van der Waals surface area contributed by atoms with Gasteiger partial charge in [-0.2, -0.15) is 0 Å². The number of hydrogen-bond acceptors (Lipinski definition) is 3. The average molecular weight is 362 g/mol. The fourth-order valence-electron chi connectivity index (χ4n) is 2.78. The van der Waals surface area contributed by atoms with E-state index >= 15 is 0 Å². The van der Waals surface area contributed by atoms with Gasteiger partial charge in [-0.15, -0.1) is 23.1 Å². The predicted molar refractivity (Wildman–Crippen MR) is 92.0 cm³/mol. The summed E-state index contributed by atoms with van der Waals surface area (Å²) in [7, 11) is 0. The van der Waals surface area contributed by atoms with Crippen LogP contribution < -0.4 is 5.73 Å². The van der Waals surface area contributed by atoms with Crippen molar-refractivity contribution < 1.29 is 0 Å². The van der Waals surface area contributed by atoms with Gasteiger partial charge >= 0.3 is 0 Å². The third-order valence-corrected chi connectivity index (χ3v) is 7.59. The summed E-state index contributed by atoms with van der Waals surface area (Å²) in [4.78, 5) is 1.43. The average Bonchev–Trinajstić information content (AvgIpc) is 2.81. The van der Waals surface area contributed by atoms with E-state index in [1.807, 2.05) is 11.3 Å². The second-order valence-electron chi connectivity index (χ2n) is 5.69. The minimum atomic E-state index is 0.271. The Balaban J connectivity index is 2.05. The van der Waals surface area contributed by atoms with Crippen molar-refractivity contribution in [1.29, 1.82) is 0 Å². The van der Waals surface area contributed by atoms with Crippen LogP contribution in [0.4, 0.5) is 0 Å². The van der Waals surface area contributed by atoms with E-state index in [2.05, 4.69) is 53.0 Å². The molecule has 2 rings (SSSR count). The first-order valence-electron chi connectivity index (χ1n) is 7.25. The maximum atomic E-state index is 6.38. The Morgan fingerprint density at radius 3 is 2.89 bits per heavy atom. The van der Waals surface area contributed by atoms with Gasteiger partial charge in [0.2, 0.25) is 0 Å². The van der Waals surface area contributed by atoms with E-state index in [0.29, 0.717) is 5.25 Å². The van der Waals surface area contributed by atoms with Crippen molar-refractivity contribution in [3.63, 3.8) is 0 Å². The largest absolute Gasteiger partial charge is 0.326 e. The second kappa shape index (κ2) is 7.48. The fraction of sp³-hybridized carbons (Fsp3) is 0.733. The molecule has 1 heterocycles. The van der Waals surface area contributed by atoms with Gasteiger partial charge in [0.1, 0.15) is 0 Å². The monoisotopic (exact) mass is 361 g/mol. The number of thiophene rings is 1. The van der Waals surface area contributed by atoms with Crippen LogP contribution in [0, 0.1) is 5.92 Å². The summed E-state index contributed by atoms with van der Waals surface area (Å²) in [6.07, 6.45) is 6.58. The van der Waals surface area contributed by atoms with Crippen LogP contribution in [0.25, 0.3) is 0 Å². The first-order chi connectivity index (χ1) is 9.10. The Hall–Kier alpha value is 0.490. The van der Waals surface area contributed by atoms with Gasteiger partial charge in [0.05, 0.1) is 5.25 Å². The highest BCUT2D eigenvalue weighted by molar-refractivity contribution is 9.10. The number of rotatable bonds is 5. The third-order valence-electron chi connectivity index (χ3n) is 3.96. The van der Waals surface area contributed by atoms with Crippen LogP contribution in [0.5, 0.6) is 0 Å². The molecule has 1 aliphatic carbocycles. The first kappa shape index (κ1) is 15.9. The zero-order valence-electron chi connectivity index (χ0n) is 11.8. The molecule has 1 saturated carbocycles. The lowest BCUT2D eigenvalue weighted by molar-refractivity contribution is 0.393. The molecule has 2 N–H and O–H groups in total. The van der Waals surface area contributed by atoms with Crippen molar-refractivity contribution in [1.82, 2.24) is 0 Å². The molecular formula is C15H24BrNS2. The molecule has 0 saturated heterocycles. The summed E-state index contributed by atoms with van der Waals surface area (Å²) >= 11 is 7.54. The van der Waals surface area contributed by atoms with Crippen LogP contribution in [0.15, 0.2) is 15.9 Å². The van der Waals surface area contributed by atoms with Crippen LogP contribution >= 0.6 is 39.0 Å². The minimum Gasteiger partial charge on any atom is -0.326 e. The third kappa shape index (κ3) is 4.48. The molecule has 19 heavy (non-hydrogen) atoms. The molecule has 0 radical (unpaired) electrons. The van der Waals surface area contributed by atoms with Gasteiger partial charge in [0, 0.05) is 26.0 Å². The highest BCUT2D eigenvalue weighted by Crippen LogP contribution is 2.44. The quantitative estimate of drug-likeness (QED) is 0.738. The molecule has 0 aliphatic heterocycles. The van der Waals surface area contributed by atoms with Crippen molar-refractivity contribution in [2.75, 3.05) is 0 Å². The summed E-state index contributed by atoms with van der Waals surface area (Å²) in [6.45, 7) is 4.59. The Kier molecular flexibility index (Phi) is 6.25. The summed E-state index contributed by atoms with van der Waals surface area (Å²) < 4.78 is 1.19. The molecule has 0 spiro atoms. The van der Waals surface area contributed by atoms with Crippen molar-refractivity contribution >= 4 is 39.0 Å². The van der Waals surface area contributed by atoms with Gasteiger partial charge in [-0.25, -0.2) is 0 Å². The van der Waals surface area contributed by atoms with E-state index in [0.717, 1.165) is 17.6 Å². The zero-order valence-corrected chi connectivity index (χ0v) is 15.0. The summed E-state index contributed by atoms with van der Waals surface area (Å²) in [5, 5.41) is 3.44. The molecule has 4 unspecified atom stereocenters. The Morgan fingerprint density at radius 1 is 1.53 bits per heavy atom. The molecular weight excluding hydrogens is 338 g/mol. The maximum absolute atomic E-state index is 6.38. The SMILES string of the molecule is CCC(N)C(SC1CCCC(C)C1)c1cc(Br)cs1. The number of halogens is 1. The molecule has 1 aromatic rings. The maximum Gasteiger partial charge on any atom is 0.0545 e. The number of nitrogens with two attached hydrogens (primary N) is 1. The lowest BCUT2D eigenvalue weighted by Gasteiger charge is -2.31. The Labute approximate surface area is 133 Å². The van der Waals surface area contributed by atoms with E-state index < -0.39 is 0 Å². The standard InChI is InChI=1S/C15H24BrNS2/c1-3-13(17)15(14-8-11(16)9-18-14)19-12-6-4-5-10(2)7-12/h8-10,12-13,15H,3-7,17H2,1-2H3. The molecule has 1 aliphatic rings. The van der Waals surface area contributed by atoms with Crippen LogP contribution in [0.2, 0.25) is 0 Å². The summed E-state index contributed by atoms with van der Waals surface area (Å²) in [5.41, 5.74) is 6.38. The van der Waals surface area contributed by atoms with Gasteiger partial charge in [-0.05, 0) is 47.2 Å². The molecule has 1 fully saturated rings. The molecule has 0 amide bonds. The molecule has 0 aromatic carbocycles. The fourth-order valence-corrected chi connectivity index (χ4v) is 6.37. The summed E-state index contributed by atoms with van der Waals surface area (Å²) in [5.74, 6) is 0.889. The van der Waals surface area contributed by atoms with Crippen LogP contribution in [-0.2, 0) is 0 Å². The van der Waals surface area contributed by atoms with Crippen molar-refractivity contribution in [2.24, 2.45) is 11.7 Å². The van der Waals surface area contributed by atoms with Gasteiger partial charge < -0.3 is 5.73 Å². The molecule has 1 nitrogen and oxygen atoms in total. The van der Waals surface area contributed by atoms with E-state index in [1.54, 1.807) is 0 Å². The highest BCUT2D eigenvalue weighted by Gasteiger charge is 2.27. The van der Waals surface area contributed by atoms with Crippen LogP contribution in [0.3, 0.4) is 0 Å². The van der Waals surface area contributed by atoms with Gasteiger partial charge in [-0.3, -0.25) is 0 Å². The number of hydrogen-bond donors (Lipinski definition) is 1. The Bertz CT molecular complexity index is 393.